The zero-order valence-electron chi connectivity index (χ0n) is 12.4. The molecule has 1 aliphatic rings. The van der Waals surface area contributed by atoms with Gasteiger partial charge in [-0.25, -0.2) is 8.42 Å². The van der Waals surface area contributed by atoms with Gasteiger partial charge in [-0.1, -0.05) is 0 Å². The largest absolute Gasteiger partial charge is 0.286 e. The molecular weight excluding hydrogens is 312 g/mol. The van der Waals surface area contributed by atoms with Crippen LogP contribution in [0.15, 0.2) is 59.0 Å². The molecule has 3 rings (SSSR count). The molecular formula is C16H16N4O2S. The van der Waals surface area contributed by atoms with Gasteiger partial charge in [0.25, 0.3) is 0 Å². The summed E-state index contributed by atoms with van der Waals surface area (Å²) in [6.07, 6.45) is 10.1. The minimum atomic E-state index is -3.11. The summed E-state index contributed by atoms with van der Waals surface area (Å²) in [5.74, 6) is 0.0693. The number of aliphatic imine (C=N–C) groups is 2. The second kappa shape index (κ2) is 6.78. The van der Waals surface area contributed by atoms with Crippen LogP contribution in [0, 0.1) is 0 Å². The van der Waals surface area contributed by atoms with E-state index in [-0.39, 0.29) is 23.6 Å². The molecule has 0 saturated carbocycles. The lowest BCUT2D eigenvalue weighted by molar-refractivity contribution is 0.601. The Morgan fingerprint density at radius 2 is 1.22 bits per heavy atom. The van der Waals surface area contributed by atoms with E-state index in [0.717, 1.165) is 11.1 Å². The Kier molecular flexibility index (Phi) is 4.57. The van der Waals surface area contributed by atoms with Crippen LogP contribution in [0.25, 0.3) is 0 Å². The highest BCUT2D eigenvalue weighted by Gasteiger charge is 2.36. The molecule has 23 heavy (non-hydrogen) atoms. The van der Waals surface area contributed by atoms with Gasteiger partial charge in [0.15, 0.2) is 9.84 Å². The Morgan fingerprint density at radius 3 is 1.61 bits per heavy atom. The predicted octanol–water partition coefficient (Wildman–Crippen LogP) is 1.18. The molecule has 0 bridgehead atoms. The van der Waals surface area contributed by atoms with Gasteiger partial charge in [0.05, 0.1) is 23.6 Å². The van der Waals surface area contributed by atoms with Crippen LogP contribution in [-0.4, -0.2) is 54.4 Å². The van der Waals surface area contributed by atoms with Crippen LogP contribution in [0.5, 0.6) is 0 Å². The number of hydrogen-bond acceptors (Lipinski definition) is 6. The molecule has 7 heteroatoms. The first-order chi connectivity index (χ1) is 11.1. The second-order valence-electron chi connectivity index (χ2n) is 5.33. The van der Waals surface area contributed by atoms with Crippen LogP contribution < -0.4 is 0 Å². The zero-order chi connectivity index (χ0) is 16.1. The van der Waals surface area contributed by atoms with Crippen LogP contribution in [0.3, 0.4) is 0 Å². The first-order valence-corrected chi connectivity index (χ1v) is 9.01. The van der Waals surface area contributed by atoms with Crippen LogP contribution >= 0.6 is 0 Å². The van der Waals surface area contributed by atoms with Crippen LogP contribution in [-0.2, 0) is 9.84 Å². The molecule has 0 unspecified atom stereocenters. The van der Waals surface area contributed by atoms with Gasteiger partial charge in [-0.3, -0.25) is 20.0 Å². The van der Waals surface area contributed by atoms with E-state index in [2.05, 4.69) is 20.0 Å². The molecule has 0 aliphatic carbocycles. The molecule has 2 atom stereocenters. The molecule has 3 heterocycles. The standard InChI is InChI=1S/C16H16N4O2S/c21-23(22)11-15(19-9-13-1-5-17-6-2-13)16(12-23)20-10-14-3-7-18-8-4-14/h1-10,15-16H,11-12H2/t15-,16-/m1/s1. The average Bonchev–Trinajstić information content (AvgIpc) is 2.87. The van der Waals surface area contributed by atoms with Crippen molar-refractivity contribution in [3.05, 3.63) is 60.2 Å². The molecule has 0 amide bonds. The third-order valence-electron chi connectivity index (χ3n) is 3.54. The average molecular weight is 328 g/mol. The molecule has 118 valence electrons. The minimum absolute atomic E-state index is 0.0347. The number of hydrogen-bond donors (Lipinski definition) is 0. The Bertz CT molecular complexity index is 741. The van der Waals surface area contributed by atoms with Gasteiger partial charge >= 0.3 is 0 Å². The summed E-state index contributed by atoms with van der Waals surface area (Å²) < 4.78 is 23.8. The SMILES string of the molecule is O=S1(=O)C[C@@H](N=Cc2ccncc2)[C@H](N=Cc2ccncc2)C1. The van der Waals surface area contributed by atoms with Gasteiger partial charge in [-0.05, 0) is 35.4 Å². The fourth-order valence-corrected chi connectivity index (χ4v) is 4.15. The van der Waals surface area contributed by atoms with E-state index in [9.17, 15) is 8.42 Å². The molecule has 0 radical (unpaired) electrons. The van der Waals surface area contributed by atoms with Crippen molar-refractivity contribution >= 4 is 22.3 Å². The number of rotatable bonds is 4. The molecule has 2 aromatic heterocycles. The van der Waals surface area contributed by atoms with E-state index in [1.807, 2.05) is 24.3 Å². The van der Waals surface area contributed by atoms with E-state index in [1.165, 1.54) is 0 Å². The van der Waals surface area contributed by atoms with E-state index in [1.54, 1.807) is 37.2 Å². The highest BCUT2D eigenvalue weighted by molar-refractivity contribution is 7.91. The number of nitrogens with zero attached hydrogens (tertiary/aromatic N) is 4. The van der Waals surface area contributed by atoms with Crippen LogP contribution in [0.2, 0.25) is 0 Å². The maximum Gasteiger partial charge on any atom is 0.154 e. The Labute approximate surface area is 135 Å². The first kappa shape index (κ1) is 15.5. The van der Waals surface area contributed by atoms with Crippen molar-refractivity contribution in [1.82, 2.24) is 9.97 Å². The number of pyridine rings is 2. The molecule has 0 spiro atoms. The molecule has 0 aromatic carbocycles. The maximum atomic E-state index is 11.9. The Morgan fingerprint density at radius 1 is 0.826 bits per heavy atom. The molecule has 0 N–H and O–H groups in total. The third kappa shape index (κ3) is 4.29. The molecule has 2 aromatic rings. The van der Waals surface area contributed by atoms with E-state index >= 15 is 0 Å². The van der Waals surface area contributed by atoms with Crippen molar-refractivity contribution < 1.29 is 8.42 Å². The highest BCUT2D eigenvalue weighted by Crippen LogP contribution is 2.19. The lowest BCUT2D eigenvalue weighted by Crippen LogP contribution is -2.20. The van der Waals surface area contributed by atoms with Crippen molar-refractivity contribution in [2.24, 2.45) is 9.98 Å². The third-order valence-corrected chi connectivity index (χ3v) is 5.23. The summed E-state index contributed by atoms with van der Waals surface area (Å²) in [6.45, 7) is 0. The van der Waals surface area contributed by atoms with E-state index in [0.29, 0.717) is 0 Å². The summed E-state index contributed by atoms with van der Waals surface area (Å²) in [7, 11) is -3.11. The Hall–Kier alpha value is -2.41. The van der Waals surface area contributed by atoms with Gasteiger partial charge in [0.1, 0.15) is 0 Å². The zero-order valence-corrected chi connectivity index (χ0v) is 13.2. The van der Waals surface area contributed by atoms with Crippen LogP contribution in [0.4, 0.5) is 0 Å². The summed E-state index contributed by atoms with van der Waals surface area (Å²) in [5.41, 5.74) is 1.78. The van der Waals surface area contributed by atoms with E-state index < -0.39 is 9.84 Å². The first-order valence-electron chi connectivity index (χ1n) is 7.19. The predicted molar refractivity (Wildman–Crippen MR) is 89.9 cm³/mol. The smallest absolute Gasteiger partial charge is 0.154 e. The number of sulfone groups is 1. The molecule has 6 nitrogen and oxygen atoms in total. The summed E-state index contributed by atoms with van der Waals surface area (Å²) in [5, 5.41) is 0. The van der Waals surface area contributed by atoms with Gasteiger partial charge in [0.2, 0.25) is 0 Å². The van der Waals surface area contributed by atoms with Crippen molar-refractivity contribution in [1.29, 1.82) is 0 Å². The highest BCUT2D eigenvalue weighted by atomic mass is 32.2. The van der Waals surface area contributed by atoms with Gasteiger partial charge in [0, 0.05) is 37.2 Å². The Balaban J connectivity index is 1.77. The summed E-state index contributed by atoms with van der Waals surface area (Å²) in [6, 6.07) is 6.58. The molecule has 1 aliphatic heterocycles. The van der Waals surface area contributed by atoms with Gasteiger partial charge < -0.3 is 0 Å². The van der Waals surface area contributed by atoms with Crippen molar-refractivity contribution in [2.45, 2.75) is 12.1 Å². The molecule has 1 fully saturated rings. The van der Waals surface area contributed by atoms with Crippen molar-refractivity contribution in [3.8, 4) is 0 Å². The van der Waals surface area contributed by atoms with Gasteiger partial charge in [-0.15, -0.1) is 0 Å². The number of aromatic nitrogens is 2. The van der Waals surface area contributed by atoms with E-state index in [4.69, 9.17) is 0 Å². The second-order valence-corrected chi connectivity index (χ2v) is 7.48. The normalized spacial score (nSPS) is 23.7. The van der Waals surface area contributed by atoms with Crippen LogP contribution in [0.1, 0.15) is 11.1 Å². The van der Waals surface area contributed by atoms with Gasteiger partial charge in [-0.2, -0.15) is 0 Å². The minimum Gasteiger partial charge on any atom is -0.286 e. The summed E-state index contributed by atoms with van der Waals surface area (Å²) >= 11 is 0. The monoisotopic (exact) mass is 328 g/mol. The molecule has 1 saturated heterocycles. The summed E-state index contributed by atoms with van der Waals surface area (Å²) in [4.78, 5) is 16.7. The van der Waals surface area contributed by atoms with Crippen molar-refractivity contribution in [3.63, 3.8) is 0 Å². The fourth-order valence-electron chi connectivity index (χ4n) is 2.36. The van der Waals surface area contributed by atoms with Crippen molar-refractivity contribution in [2.75, 3.05) is 11.5 Å². The topological polar surface area (TPSA) is 84.6 Å². The fraction of sp³-hybridized carbons (Fsp3) is 0.250. The lowest BCUT2D eigenvalue weighted by atomic mass is 10.2. The lowest BCUT2D eigenvalue weighted by Gasteiger charge is -2.08. The quantitative estimate of drug-likeness (QED) is 0.789. The maximum absolute atomic E-state index is 11.9.